The van der Waals surface area contributed by atoms with Crippen molar-refractivity contribution in [2.45, 2.75) is 18.6 Å². The Morgan fingerprint density at radius 3 is 2.40 bits per heavy atom. The largest absolute Gasteiger partial charge is 0.480 e. The predicted octanol–water partition coefficient (Wildman–Crippen LogP) is -1.86. The van der Waals surface area contributed by atoms with E-state index in [0.717, 1.165) is 0 Å². The number of carboxylic acids is 1. The van der Waals surface area contributed by atoms with Crippen molar-refractivity contribution in [3.05, 3.63) is 0 Å². The van der Waals surface area contributed by atoms with Crippen LogP contribution in [0.1, 0.15) is 6.42 Å². The zero-order chi connectivity index (χ0) is 8.15. The fraction of sp³-hybridized carbons (Fsp3) is 0.800. The normalized spacial score (nSPS) is 16.3. The van der Waals surface area contributed by atoms with Crippen molar-refractivity contribution < 1.29 is 20.1 Å². The quantitative estimate of drug-likeness (QED) is 0.375. The van der Waals surface area contributed by atoms with Gasteiger partial charge in [0.2, 0.25) is 0 Å². The number of hydrogen-bond acceptors (Lipinski definition) is 4. The van der Waals surface area contributed by atoms with E-state index in [1.54, 1.807) is 0 Å². The molecule has 0 saturated carbocycles. The second-order valence-electron chi connectivity index (χ2n) is 2.02. The summed E-state index contributed by atoms with van der Waals surface area (Å²) >= 11 is 0. The van der Waals surface area contributed by atoms with Crippen LogP contribution in [-0.4, -0.2) is 40.0 Å². The molecule has 0 aromatic carbocycles. The number of carboxylic acid groups (broad SMARTS) is 1. The van der Waals surface area contributed by atoms with E-state index in [-0.39, 0.29) is 6.42 Å². The number of aliphatic hydroxyl groups is 2. The highest BCUT2D eigenvalue weighted by Gasteiger charge is 2.15. The Morgan fingerprint density at radius 2 is 2.10 bits per heavy atom. The first kappa shape index (κ1) is 9.35. The summed E-state index contributed by atoms with van der Waals surface area (Å²) in [6, 6.07) is -1.10. The number of rotatable bonds is 4. The molecule has 0 aliphatic heterocycles. The van der Waals surface area contributed by atoms with Crippen molar-refractivity contribution in [2.24, 2.45) is 5.73 Å². The molecule has 0 aliphatic rings. The molecule has 0 rings (SSSR count). The fourth-order valence-electron chi connectivity index (χ4n) is 0.468. The third-order valence-corrected chi connectivity index (χ3v) is 1.05. The van der Waals surface area contributed by atoms with Crippen molar-refractivity contribution in [1.29, 1.82) is 0 Å². The molecule has 5 heteroatoms. The van der Waals surface area contributed by atoms with E-state index in [1.165, 1.54) is 0 Å². The molecule has 0 heterocycles. The molecule has 60 valence electrons. The molecular weight excluding hydrogens is 138 g/mol. The highest BCUT2D eigenvalue weighted by molar-refractivity contribution is 5.73. The lowest BCUT2D eigenvalue weighted by Gasteiger charge is -2.09. The maximum atomic E-state index is 10.0. The van der Waals surface area contributed by atoms with Gasteiger partial charge in [-0.1, -0.05) is 0 Å². The van der Waals surface area contributed by atoms with Gasteiger partial charge in [0.05, 0.1) is 12.7 Å². The predicted molar refractivity (Wildman–Crippen MR) is 33.3 cm³/mol. The molecule has 10 heavy (non-hydrogen) atoms. The zero-order valence-corrected chi connectivity index (χ0v) is 5.40. The second kappa shape index (κ2) is 4.21. The molecule has 0 spiro atoms. The van der Waals surface area contributed by atoms with Crippen LogP contribution in [0.3, 0.4) is 0 Å². The number of aliphatic hydroxyl groups excluding tert-OH is 2. The average molecular weight is 149 g/mol. The Kier molecular flexibility index (Phi) is 3.94. The standard InChI is InChI=1S/C5H11NO4/c6-4(5(9)10)1-3(8)2-7/h3-4,7-8H,1-2,6H2,(H,9,10). The van der Waals surface area contributed by atoms with Crippen molar-refractivity contribution in [3.8, 4) is 0 Å². The van der Waals surface area contributed by atoms with Crippen molar-refractivity contribution in [1.82, 2.24) is 0 Å². The molecule has 0 amide bonds. The van der Waals surface area contributed by atoms with Gasteiger partial charge >= 0.3 is 5.97 Å². The smallest absolute Gasteiger partial charge is 0.320 e. The van der Waals surface area contributed by atoms with E-state index < -0.39 is 24.7 Å². The number of nitrogens with two attached hydrogens (primary N) is 1. The van der Waals surface area contributed by atoms with Gasteiger partial charge in [0, 0.05) is 6.42 Å². The van der Waals surface area contributed by atoms with E-state index in [4.69, 9.17) is 21.1 Å². The van der Waals surface area contributed by atoms with Crippen molar-refractivity contribution in [2.75, 3.05) is 6.61 Å². The molecule has 0 bridgehead atoms. The maximum absolute atomic E-state index is 10.0. The highest BCUT2D eigenvalue weighted by Crippen LogP contribution is 1.94. The van der Waals surface area contributed by atoms with E-state index >= 15 is 0 Å². The minimum absolute atomic E-state index is 0.119. The fourth-order valence-corrected chi connectivity index (χ4v) is 0.468. The lowest BCUT2D eigenvalue weighted by atomic mass is 10.1. The average Bonchev–Trinajstić information content (AvgIpc) is 1.87. The van der Waals surface area contributed by atoms with Gasteiger partial charge in [-0.2, -0.15) is 0 Å². The van der Waals surface area contributed by atoms with Gasteiger partial charge in [0.25, 0.3) is 0 Å². The number of hydrogen-bond donors (Lipinski definition) is 4. The molecule has 5 nitrogen and oxygen atoms in total. The molecule has 0 aromatic rings. The number of carbonyl (C=O) groups is 1. The van der Waals surface area contributed by atoms with Gasteiger partial charge in [-0.25, -0.2) is 0 Å². The van der Waals surface area contributed by atoms with E-state index in [1.807, 2.05) is 0 Å². The molecule has 0 saturated heterocycles. The first-order chi connectivity index (χ1) is 4.57. The second-order valence-corrected chi connectivity index (χ2v) is 2.02. The van der Waals surface area contributed by atoms with Gasteiger partial charge in [-0.05, 0) is 0 Å². The highest BCUT2D eigenvalue weighted by atomic mass is 16.4. The Morgan fingerprint density at radius 1 is 1.60 bits per heavy atom. The summed E-state index contributed by atoms with van der Waals surface area (Å²) in [7, 11) is 0. The molecule has 2 unspecified atom stereocenters. The Hall–Kier alpha value is -0.650. The lowest BCUT2D eigenvalue weighted by molar-refractivity contribution is -0.139. The summed E-state index contributed by atoms with van der Waals surface area (Å²) in [5.74, 6) is -1.17. The summed E-state index contributed by atoms with van der Waals surface area (Å²) < 4.78 is 0. The SMILES string of the molecule is NC(CC(O)CO)C(=O)O. The van der Waals surface area contributed by atoms with Gasteiger partial charge < -0.3 is 21.1 Å². The van der Waals surface area contributed by atoms with Gasteiger partial charge in [-0.3, -0.25) is 4.79 Å². The molecule has 0 aliphatic carbocycles. The minimum Gasteiger partial charge on any atom is -0.480 e. The Balaban J connectivity index is 3.56. The third kappa shape index (κ3) is 3.39. The molecule has 0 fully saturated rings. The van der Waals surface area contributed by atoms with Gasteiger partial charge in [0.1, 0.15) is 6.04 Å². The van der Waals surface area contributed by atoms with Crippen LogP contribution in [0.15, 0.2) is 0 Å². The van der Waals surface area contributed by atoms with Crippen LogP contribution < -0.4 is 5.73 Å². The Labute approximate surface area is 58.1 Å². The van der Waals surface area contributed by atoms with Crippen molar-refractivity contribution in [3.63, 3.8) is 0 Å². The first-order valence-electron chi connectivity index (χ1n) is 2.85. The first-order valence-corrected chi connectivity index (χ1v) is 2.85. The van der Waals surface area contributed by atoms with Crippen LogP contribution in [0.5, 0.6) is 0 Å². The van der Waals surface area contributed by atoms with Crippen molar-refractivity contribution >= 4 is 5.97 Å². The van der Waals surface area contributed by atoms with Crippen LogP contribution >= 0.6 is 0 Å². The molecule has 0 radical (unpaired) electrons. The van der Waals surface area contributed by atoms with E-state index in [0.29, 0.717) is 0 Å². The monoisotopic (exact) mass is 149 g/mol. The summed E-state index contributed by atoms with van der Waals surface area (Å²) in [5, 5.41) is 25.2. The van der Waals surface area contributed by atoms with Crippen LogP contribution in [0.2, 0.25) is 0 Å². The summed E-state index contributed by atoms with van der Waals surface area (Å²) in [6.45, 7) is -0.457. The molecular formula is C5H11NO4. The van der Waals surface area contributed by atoms with Crippen LogP contribution in [0.4, 0.5) is 0 Å². The van der Waals surface area contributed by atoms with Crippen LogP contribution in [-0.2, 0) is 4.79 Å². The lowest BCUT2D eigenvalue weighted by Crippen LogP contribution is -2.35. The van der Waals surface area contributed by atoms with Gasteiger partial charge in [-0.15, -0.1) is 0 Å². The molecule has 0 aromatic heterocycles. The van der Waals surface area contributed by atoms with Crippen LogP contribution in [0, 0.1) is 0 Å². The zero-order valence-electron chi connectivity index (χ0n) is 5.40. The summed E-state index contributed by atoms with van der Waals surface area (Å²) in [5.41, 5.74) is 5.02. The summed E-state index contributed by atoms with van der Waals surface area (Å²) in [4.78, 5) is 10.0. The summed E-state index contributed by atoms with van der Waals surface area (Å²) in [6.07, 6.45) is -1.16. The van der Waals surface area contributed by atoms with E-state index in [9.17, 15) is 4.79 Å². The maximum Gasteiger partial charge on any atom is 0.320 e. The number of aliphatic carboxylic acids is 1. The Bertz CT molecular complexity index is 116. The van der Waals surface area contributed by atoms with Gasteiger partial charge in [0.15, 0.2) is 0 Å². The van der Waals surface area contributed by atoms with Crippen LogP contribution in [0.25, 0.3) is 0 Å². The topological polar surface area (TPSA) is 104 Å². The minimum atomic E-state index is -1.17. The molecule has 2 atom stereocenters. The van der Waals surface area contributed by atoms with E-state index in [2.05, 4.69) is 0 Å². The molecule has 5 N–H and O–H groups in total. The third-order valence-electron chi connectivity index (χ3n) is 1.05.